The summed E-state index contributed by atoms with van der Waals surface area (Å²) in [7, 11) is -4.06. The predicted molar refractivity (Wildman–Crippen MR) is 130 cm³/mol. The maximum Gasteiger partial charge on any atom is 0.266 e. The van der Waals surface area contributed by atoms with Gasteiger partial charge in [0.1, 0.15) is 0 Å². The van der Waals surface area contributed by atoms with E-state index in [0.29, 0.717) is 41.9 Å². The number of rotatable bonds is 7. The van der Waals surface area contributed by atoms with Crippen molar-refractivity contribution in [2.45, 2.75) is 97.2 Å². The zero-order valence-electron chi connectivity index (χ0n) is 21.1. The van der Waals surface area contributed by atoms with Crippen molar-refractivity contribution in [1.29, 1.82) is 0 Å². The average molecular weight is 500 g/mol. The molecule has 0 spiro atoms. The van der Waals surface area contributed by atoms with Crippen molar-refractivity contribution in [2.75, 3.05) is 12.3 Å². The Morgan fingerprint density at radius 3 is 2.41 bits per heavy atom. The number of hydrogen-bond acceptors (Lipinski definition) is 5. The zero-order valence-corrected chi connectivity index (χ0v) is 21.9. The van der Waals surface area contributed by atoms with E-state index in [-0.39, 0.29) is 35.5 Å². The largest absolute Gasteiger partial charge is 0.393 e. The standard InChI is InChI=1S/C26H45NO6S/c1-16(4-7-23(30)27-12-13-34(31,32)33)19-5-6-20-24-21(9-11-26(19,20)3)25(2)10-8-18(28)14-17(25)15-22(24)29/h16-22,24,28-29H,4-15H2,1-3H3,(H,27,30)(H,31,32,33)/t16-,17-,18-,19-,20-,21+,22-,24-,25+,26-/m1/s1. The number of hydrogen-bond donors (Lipinski definition) is 4. The molecule has 4 aliphatic carbocycles. The highest BCUT2D eigenvalue weighted by molar-refractivity contribution is 7.85. The molecule has 4 N–H and O–H groups in total. The van der Waals surface area contributed by atoms with Gasteiger partial charge in [-0.2, -0.15) is 8.42 Å². The minimum Gasteiger partial charge on any atom is -0.393 e. The lowest BCUT2D eigenvalue weighted by molar-refractivity contribution is -0.174. The topological polar surface area (TPSA) is 124 Å². The van der Waals surface area contributed by atoms with Crippen molar-refractivity contribution < 1.29 is 28.0 Å². The van der Waals surface area contributed by atoms with Crippen LogP contribution in [-0.4, -0.2) is 53.6 Å². The van der Waals surface area contributed by atoms with Crippen LogP contribution in [0.15, 0.2) is 0 Å². The van der Waals surface area contributed by atoms with Crippen molar-refractivity contribution in [2.24, 2.45) is 46.3 Å². The third-order valence-corrected chi connectivity index (χ3v) is 11.6. The van der Waals surface area contributed by atoms with E-state index in [0.717, 1.165) is 51.4 Å². The van der Waals surface area contributed by atoms with Crippen molar-refractivity contribution in [1.82, 2.24) is 5.32 Å². The Kier molecular flexibility index (Phi) is 7.47. The van der Waals surface area contributed by atoms with Gasteiger partial charge in [0.25, 0.3) is 10.1 Å². The molecular formula is C26H45NO6S. The van der Waals surface area contributed by atoms with Crippen molar-refractivity contribution in [3.63, 3.8) is 0 Å². The van der Waals surface area contributed by atoms with E-state index in [4.69, 9.17) is 4.55 Å². The lowest BCUT2D eigenvalue weighted by Crippen LogP contribution is -2.58. The molecule has 4 fully saturated rings. The molecule has 0 aromatic rings. The summed E-state index contributed by atoms with van der Waals surface area (Å²) < 4.78 is 30.5. The summed E-state index contributed by atoms with van der Waals surface area (Å²) in [5, 5.41) is 24.2. The molecule has 7 nitrogen and oxygen atoms in total. The minimum absolute atomic E-state index is 0.0625. The maximum absolute atomic E-state index is 12.2. The highest BCUT2D eigenvalue weighted by atomic mass is 32.2. The number of carbonyl (C=O) groups excluding carboxylic acids is 1. The van der Waals surface area contributed by atoms with Crippen LogP contribution in [0.3, 0.4) is 0 Å². The molecule has 0 aromatic heterocycles. The fourth-order valence-corrected chi connectivity index (χ4v) is 9.50. The van der Waals surface area contributed by atoms with Gasteiger partial charge in [-0.3, -0.25) is 9.35 Å². The van der Waals surface area contributed by atoms with Gasteiger partial charge in [0, 0.05) is 13.0 Å². The van der Waals surface area contributed by atoms with Gasteiger partial charge in [-0.25, -0.2) is 0 Å². The summed E-state index contributed by atoms with van der Waals surface area (Å²) >= 11 is 0. The van der Waals surface area contributed by atoms with Crippen LogP contribution >= 0.6 is 0 Å². The van der Waals surface area contributed by atoms with Crippen molar-refractivity contribution in [3.8, 4) is 0 Å². The molecule has 1 amide bonds. The van der Waals surface area contributed by atoms with Crippen LogP contribution in [0.2, 0.25) is 0 Å². The Bertz CT molecular complexity index is 863. The molecule has 0 aliphatic heterocycles. The van der Waals surface area contributed by atoms with Gasteiger partial charge in [0.05, 0.1) is 18.0 Å². The molecule has 10 atom stereocenters. The molecule has 0 heterocycles. The Hall–Kier alpha value is -0.700. The van der Waals surface area contributed by atoms with Gasteiger partial charge < -0.3 is 15.5 Å². The van der Waals surface area contributed by atoms with Crippen molar-refractivity contribution in [3.05, 3.63) is 0 Å². The van der Waals surface area contributed by atoms with Crippen LogP contribution in [-0.2, 0) is 14.9 Å². The van der Waals surface area contributed by atoms with E-state index in [1.165, 1.54) is 6.42 Å². The molecule has 196 valence electrons. The second-order valence-electron chi connectivity index (χ2n) is 12.6. The van der Waals surface area contributed by atoms with Gasteiger partial charge in [-0.1, -0.05) is 20.8 Å². The Morgan fingerprint density at radius 1 is 1.03 bits per heavy atom. The fraction of sp³-hybridized carbons (Fsp3) is 0.962. The molecular weight excluding hydrogens is 454 g/mol. The first kappa shape index (κ1) is 26.4. The van der Waals surface area contributed by atoms with E-state index < -0.39 is 15.9 Å². The van der Waals surface area contributed by atoms with E-state index >= 15 is 0 Å². The first-order valence-corrected chi connectivity index (χ1v) is 15.0. The normalized spacial score (nSPS) is 45.1. The van der Waals surface area contributed by atoms with Crippen LogP contribution in [0.5, 0.6) is 0 Å². The third kappa shape index (κ3) is 4.94. The minimum atomic E-state index is -4.06. The first-order chi connectivity index (χ1) is 15.8. The second-order valence-corrected chi connectivity index (χ2v) is 14.2. The SMILES string of the molecule is C[C@H](CCC(=O)NCCS(=O)(=O)O)[C@H]1CC[C@@H]2[C@H]3[C@H](O)C[C@H]4C[C@H](O)CC[C@]4(C)[C@H]3CC[C@@]21C. The van der Waals surface area contributed by atoms with Gasteiger partial charge in [0.15, 0.2) is 0 Å². The maximum atomic E-state index is 12.2. The van der Waals surface area contributed by atoms with Gasteiger partial charge in [-0.05, 0) is 104 Å². The van der Waals surface area contributed by atoms with Crippen LogP contribution in [0.25, 0.3) is 0 Å². The Morgan fingerprint density at radius 2 is 1.71 bits per heavy atom. The molecule has 4 aliphatic rings. The number of nitrogens with one attached hydrogen (secondary N) is 1. The summed E-state index contributed by atoms with van der Waals surface area (Å²) in [6.45, 7) is 7.05. The predicted octanol–water partition coefficient (Wildman–Crippen LogP) is 3.40. The van der Waals surface area contributed by atoms with Gasteiger partial charge in [-0.15, -0.1) is 0 Å². The molecule has 0 radical (unpaired) electrons. The Labute approximate surface area is 205 Å². The molecule has 0 bridgehead atoms. The molecule has 4 rings (SSSR count). The van der Waals surface area contributed by atoms with Crippen LogP contribution in [0.4, 0.5) is 0 Å². The van der Waals surface area contributed by atoms with E-state index in [9.17, 15) is 23.4 Å². The summed E-state index contributed by atoms with van der Waals surface area (Å²) in [5.74, 6) is 2.10. The average Bonchev–Trinajstić information content (AvgIpc) is 3.09. The highest BCUT2D eigenvalue weighted by Crippen LogP contribution is 2.68. The monoisotopic (exact) mass is 499 g/mol. The summed E-state index contributed by atoms with van der Waals surface area (Å²) in [6.07, 6.45) is 8.87. The highest BCUT2D eigenvalue weighted by Gasteiger charge is 2.62. The Balaban J connectivity index is 1.39. The van der Waals surface area contributed by atoms with Crippen LogP contribution in [0, 0.1) is 46.3 Å². The van der Waals surface area contributed by atoms with Gasteiger partial charge in [0.2, 0.25) is 5.91 Å². The molecule has 8 heteroatoms. The first-order valence-electron chi connectivity index (χ1n) is 13.4. The van der Waals surface area contributed by atoms with Gasteiger partial charge >= 0.3 is 0 Å². The molecule has 0 unspecified atom stereocenters. The lowest BCUT2D eigenvalue weighted by Gasteiger charge is -2.62. The smallest absolute Gasteiger partial charge is 0.266 e. The van der Waals surface area contributed by atoms with Crippen molar-refractivity contribution >= 4 is 16.0 Å². The molecule has 0 saturated heterocycles. The molecule has 34 heavy (non-hydrogen) atoms. The van der Waals surface area contributed by atoms with E-state index in [1.807, 2.05) is 0 Å². The number of amides is 1. The quantitative estimate of drug-likeness (QED) is 0.398. The fourth-order valence-electron chi connectivity index (χ4n) is 9.14. The van der Waals surface area contributed by atoms with E-state index in [2.05, 4.69) is 26.1 Å². The third-order valence-electron chi connectivity index (χ3n) is 10.9. The number of aliphatic hydroxyl groups excluding tert-OH is 2. The number of carbonyl (C=O) groups is 1. The van der Waals surface area contributed by atoms with Crippen LogP contribution in [0.1, 0.15) is 85.0 Å². The number of aliphatic hydroxyl groups is 2. The van der Waals surface area contributed by atoms with E-state index in [1.54, 1.807) is 0 Å². The zero-order chi connectivity index (χ0) is 24.9. The summed E-state index contributed by atoms with van der Waals surface area (Å²) in [4.78, 5) is 12.2. The number of fused-ring (bicyclic) bond motifs is 5. The lowest BCUT2D eigenvalue weighted by atomic mass is 9.43. The summed E-state index contributed by atoms with van der Waals surface area (Å²) in [5.41, 5.74) is 0.411. The molecule has 0 aromatic carbocycles. The van der Waals surface area contributed by atoms with Crippen LogP contribution < -0.4 is 5.32 Å². The second kappa shape index (κ2) is 9.64. The summed E-state index contributed by atoms with van der Waals surface area (Å²) in [6, 6.07) is 0. The molecule has 4 saturated carbocycles.